The Labute approximate surface area is 129 Å². The number of amides is 3. The third-order valence-corrected chi connectivity index (χ3v) is 4.22. The standard InChI is InChI=1S/C17H18N2O3/c20-15(18-12-6-2-1-3-7-12)10-11-19-16(21)13-8-4-5-9-14(13)17(19)22/h1-7,13-14H,8-11H2,(H,18,20)/t13-,14-/m0/s1. The molecular weight excluding hydrogens is 280 g/mol. The molecule has 0 aromatic heterocycles. The van der Waals surface area contributed by atoms with Crippen molar-refractivity contribution in [3.8, 4) is 0 Å². The van der Waals surface area contributed by atoms with Crippen LogP contribution in [0.15, 0.2) is 42.5 Å². The molecule has 0 radical (unpaired) electrons. The summed E-state index contributed by atoms with van der Waals surface area (Å²) in [4.78, 5) is 37.7. The Morgan fingerprint density at radius 1 is 1.05 bits per heavy atom. The molecule has 1 saturated heterocycles. The molecule has 2 atom stereocenters. The van der Waals surface area contributed by atoms with Crippen LogP contribution in [0.25, 0.3) is 0 Å². The van der Waals surface area contributed by atoms with Crippen LogP contribution >= 0.6 is 0 Å². The van der Waals surface area contributed by atoms with E-state index >= 15 is 0 Å². The van der Waals surface area contributed by atoms with E-state index in [1.807, 2.05) is 30.4 Å². The topological polar surface area (TPSA) is 66.5 Å². The third-order valence-electron chi connectivity index (χ3n) is 4.22. The zero-order valence-corrected chi connectivity index (χ0v) is 12.2. The second kappa shape index (κ2) is 6.13. The van der Waals surface area contributed by atoms with Gasteiger partial charge in [0.1, 0.15) is 0 Å². The molecule has 0 saturated carbocycles. The summed E-state index contributed by atoms with van der Waals surface area (Å²) in [6.45, 7) is 0.156. The van der Waals surface area contributed by atoms with Gasteiger partial charge in [0.2, 0.25) is 17.7 Å². The van der Waals surface area contributed by atoms with E-state index in [0.29, 0.717) is 18.5 Å². The molecule has 114 valence electrons. The molecule has 2 aliphatic rings. The van der Waals surface area contributed by atoms with Crippen LogP contribution in [0.1, 0.15) is 19.3 Å². The molecule has 0 bridgehead atoms. The lowest BCUT2D eigenvalue weighted by atomic mass is 9.85. The molecular formula is C17H18N2O3. The summed E-state index contributed by atoms with van der Waals surface area (Å²) in [6, 6.07) is 9.13. The Morgan fingerprint density at radius 2 is 1.64 bits per heavy atom. The number of nitrogens with zero attached hydrogens (tertiary/aromatic N) is 1. The van der Waals surface area contributed by atoms with Gasteiger partial charge in [-0.2, -0.15) is 0 Å². The Kier molecular flexibility index (Phi) is 4.04. The zero-order chi connectivity index (χ0) is 15.5. The number of nitrogens with one attached hydrogen (secondary N) is 1. The van der Waals surface area contributed by atoms with Crippen LogP contribution in [0.2, 0.25) is 0 Å². The van der Waals surface area contributed by atoms with Gasteiger partial charge in [0.05, 0.1) is 11.8 Å². The van der Waals surface area contributed by atoms with Gasteiger partial charge in [-0.15, -0.1) is 0 Å². The third kappa shape index (κ3) is 2.79. The first-order valence-corrected chi connectivity index (χ1v) is 7.52. The molecule has 1 N–H and O–H groups in total. The van der Waals surface area contributed by atoms with Gasteiger partial charge >= 0.3 is 0 Å². The van der Waals surface area contributed by atoms with Gasteiger partial charge in [-0.25, -0.2) is 0 Å². The molecule has 5 heteroatoms. The number of rotatable bonds is 4. The molecule has 5 nitrogen and oxygen atoms in total. The van der Waals surface area contributed by atoms with Gasteiger partial charge in [-0.1, -0.05) is 30.4 Å². The van der Waals surface area contributed by atoms with Crippen LogP contribution in [-0.4, -0.2) is 29.2 Å². The summed E-state index contributed by atoms with van der Waals surface area (Å²) >= 11 is 0. The first-order valence-electron chi connectivity index (χ1n) is 7.52. The lowest BCUT2D eigenvalue weighted by Gasteiger charge is -2.14. The lowest BCUT2D eigenvalue weighted by Crippen LogP contribution is -2.34. The number of hydrogen-bond donors (Lipinski definition) is 1. The zero-order valence-electron chi connectivity index (χ0n) is 12.2. The minimum atomic E-state index is -0.227. The highest BCUT2D eigenvalue weighted by molar-refractivity contribution is 6.05. The van der Waals surface area contributed by atoms with Gasteiger partial charge in [0, 0.05) is 18.7 Å². The van der Waals surface area contributed by atoms with Gasteiger partial charge < -0.3 is 5.32 Å². The van der Waals surface area contributed by atoms with E-state index in [1.165, 1.54) is 4.90 Å². The predicted octanol–water partition coefficient (Wildman–Crippen LogP) is 1.97. The summed E-state index contributed by atoms with van der Waals surface area (Å²) in [5.74, 6) is -0.914. The average Bonchev–Trinajstić information content (AvgIpc) is 2.78. The fourth-order valence-electron chi connectivity index (χ4n) is 3.05. The van der Waals surface area contributed by atoms with Crippen molar-refractivity contribution in [2.24, 2.45) is 11.8 Å². The van der Waals surface area contributed by atoms with E-state index in [1.54, 1.807) is 12.1 Å². The van der Waals surface area contributed by atoms with Crippen molar-refractivity contribution < 1.29 is 14.4 Å². The number of hydrogen-bond acceptors (Lipinski definition) is 3. The minimum absolute atomic E-state index is 0.124. The molecule has 22 heavy (non-hydrogen) atoms. The molecule has 3 rings (SSSR count). The van der Waals surface area contributed by atoms with E-state index in [9.17, 15) is 14.4 Å². The summed E-state index contributed by atoms with van der Waals surface area (Å²) in [5.41, 5.74) is 0.712. The van der Waals surface area contributed by atoms with Crippen molar-refractivity contribution in [2.45, 2.75) is 19.3 Å². The quantitative estimate of drug-likeness (QED) is 0.682. The number of anilines is 1. The number of benzene rings is 1. The Balaban J connectivity index is 1.56. The molecule has 1 fully saturated rings. The molecule has 1 aliphatic carbocycles. The van der Waals surface area contributed by atoms with Gasteiger partial charge in [0.25, 0.3) is 0 Å². The molecule has 1 heterocycles. The Bertz CT molecular complexity index is 598. The van der Waals surface area contributed by atoms with E-state index < -0.39 is 0 Å². The molecule has 1 aromatic rings. The van der Waals surface area contributed by atoms with Crippen molar-refractivity contribution in [1.82, 2.24) is 4.90 Å². The summed E-state index contributed by atoms with van der Waals surface area (Å²) in [5, 5.41) is 2.76. The van der Waals surface area contributed by atoms with Crippen LogP contribution in [-0.2, 0) is 14.4 Å². The second-order valence-electron chi connectivity index (χ2n) is 5.65. The molecule has 1 aromatic carbocycles. The largest absolute Gasteiger partial charge is 0.326 e. The number of allylic oxidation sites excluding steroid dienone is 2. The van der Waals surface area contributed by atoms with E-state index in [4.69, 9.17) is 0 Å². The number of para-hydroxylation sites is 1. The maximum absolute atomic E-state index is 12.3. The highest BCUT2D eigenvalue weighted by Crippen LogP contribution is 2.34. The fraction of sp³-hybridized carbons (Fsp3) is 0.353. The van der Waals surface area contributed by atoms with Crippen molar-refractivity contribution in [3.05, 3.63) is 42.5 Å². The SMILES string of the molecule is O=C(CCN1C(=O)[C@H]2CC=CC[C@@H]2C1=O)Nc1ccccc1. The number of likely N-dealkylation sites (tertiary alicyclic amines) is 1. The summed E-state index contributed by atoms with van der Waals surface area (Å²) in [7, 11) is 0. The maximum atomic E-state index is 12.3. The number of imide groups is 1. The predicted molar refractivity (Wildman–Crippen MR) is 81.8 cm³/mol. The summed E-state index contributed by atoms with van der Waals surface area (Å²) < 4.78 is 0. The normalized spacial score (nSPS) is 23.5. The van der Waals surface area contributed by atoms with Crippen molar-refractivity contribution >= 4 is 23.4 Å². The monoisotopic (exact) mass is 298 g/mol. The molecule has 0 unspecified atom stereocenters. The highest BCUT2D eigenvalue weighted by Gasteiger charge is 2.46. The van der Waals surface area contributed by atoms with Gasteiger partial charge in [-0.3, -0.25) is 19.3 Å². The van der Waals surface area contributed by atoms with Crippen LogP contribution in [0.5, 0.6) is 0 Å². The fourth-order valence-corrected chi connectivity index (χ4v) is 3.05. The average molecular weight is 298 g/mol. The van der Waals surface area contributed by atoms with E-state index in [-0.39, 0.29) is 42.5 Å². The maximum Gasteiger partial charge on any atom is 0.233 e. The highest BCUT2D eigenvalue weighted by atomic mass is 16.2. The molecule has 3 amide bonds. The number of carbonyl (C=O) groups is 3. The van der Waals surface area contributed by atoms with Crippen molar-refractivity contribution in [1.29, 1.82) is 0 Å². The Morgan fingerprint density at radius 3 is 2.23 bits per heavy atom. The smallest absolute Gasteiger partial charge is 0.233 e. The van der Waals surface area contributed by atoms with Gasteiger partial charge in [-0.05, 0) is 25.0 Å². The van der Waals surface area contributed by atoms with Crippen LogP contribution < -0.4 is 5.32 Å². The van der Waals surface area contributed by atoms with Crippen molar-refractivity contribution in [2.75, 3.05) is 11.9 Å². The number of fused-ring (bicyclic) bond motifs is 1. The van der Waals surface area contributed by atoms with E-state index in [2.05, 4.69) is 5.32 Å². The van der Waals surface area contributed by atoms with Crippen LogP contribution in [0.4, 0.5) is 5.69 Å². The van der Waals surface area contributed by atoms with Crippen LogP contribution in [0.3, 0.4) is 0 Å². The van der Waals surface area contributed by atoms with E-state index in [0.717, 1.165) is 0 Å². The van der Waals surface area contributed by atoms with Gasteiger partial charge in [0.15, 0.2) is 0 Å². The summed E-state index contributed by atoms with van der Waals surface area (Å²) in [6.07, 6.45) is 5.29. The van der Waals surface area contributed by atoms with Crippen LogP contribution in [0, 0.1) is 11.8 Å². The number of carbonyl (C=O) groups excluding carboxylic acids is 3. The molecule has 0 spiro atoms. The van der Waals surface area contributed by atoms with Crippen molar-refractivity contribution in [3.63, 3.8) is 0 Å². The minimum Gasteiger partial charge on any atom is -0.326 e. The second-order valence-corrected chi connectivity index (χ2v) is 5.65. The lowest BCUT2D eigenvalue weighted by molar-refractivity contribution is -0.140. The first kappa shape index (κ1) is 14.5. The first-order chi connectivity index (χ1) is 10.7. The Hall–Kier alpha value is -2.43. The molecule has 1 aliphatic heterocycles.